The highest BCUT2D eigenvalue weighted by atomic mass is 16.5. The van der Waals surface area contributed by atoms with Crippen LogP contribution in [0.25, 0.3) is 0 Å². The van der Waals surface area contributed by atoms with Crippen molar-refractivity contribution in [1.29, 1.82) is 0 Å². The van der Waals surface area contributed by atoms with Crippen LogP contribution in [0.1, 0.15) is 38.8 Å². The van der Waals surface area contributed by atoms with Crippen LogP contribution in [-0.2, 0) is 14.9 Å². The van der Waals surface area contributed by atoms with E-state index >= 15 is 0 Å². The predicted octanol–water partition coefficient (Wildman–Crippen LogP) is 0.739. The minimum absolute atomic E-state index is 0.0486. The zero-order chi connectivity index (χ0) is 16.9. The van der Waals surface area contributed by atoms with Crippen LogP contribution in [0.2, 0.25) is 0 Å². The quantitative estimate of drug-likeness (QED) is 0.635. The van der Waals surface area contributed by atoms with E-state index in [1.54, 1.807) is 0 Å². The maximum absolute atomic E-state index is 12.0. The smallest absolute Gasteiger partial charge is 0.295 e. The number of rotatable bonds is 4. The summed E-state index contributed by atoms with van der Waals surface area (Å²) in [6, 6.07) is 8.35. The van der Waals surface area contributed by atoms with Gasteiger partial charge in [0, 0.05) is 0 Å². The number of hydrogen-bond donors (Lipinski definition) is 2. The minimum Gasteiger partial charge on any atom is -0.370 e. The molecule has 1 aliphatic rings. The number of ether oxygens (including phenoxy) is 1. The molecule has 1 heterocycles. The molecule has 0 saturated carbocycles. The minimum atomic E-state index is -0.0486. The van der Waals surface area contributed by atoms with Gasteiger partial charge < -0.3 is 9.64 Å². The summed E-state index contributed by atoms with van der Waals surface area (Å²) in [6.45, 7) is 12.1. The van der Waals surface area contributed by atoms with Gasteiger partial charge in [-0.05, 0) is 23.5 Å². The Balaban J connectivity index is 1.90. The van der Waals surface area contributed by atoms with Crippen molar-refractivity contribution in [2.75, 3.05) is 32.8 Å². The van der Waals surface area contributed by atoms with Gasteiger partial charge in [0.25, 0.3) is 5.91 Å². The summed E-state index contributed by atoms with van der Waals surface area (Å²) in [4.78, 5) is 13.2. The number of benzene rings is 1. The van der Waals surface area contributed by atoms with Gasteiger partial charge in [-0.15, -0.1) is 0 Å². The molecule has 0 aliphatic carbocycles. The van der Waals surface area contributed by atoms with E-state index in [0.717, 1.165) is 37.6 Å². The summed E-state index contributed by atoms with van der Waals surface area (Å²) >= 11 is 0. The second-order valence-corrected chi connectivity index (χ2v) is 7.10. The van der Waals surface area contributed by atoms with Crippen LogP contribution in [-0.4, -0.2) is 44.5 Å². The number of morpholine rings is 1. The first-order valence-electron chi connectivity index (χ1n) is 8.21. The summed E-state index contributed by atoms with van der Waals surface area (Å²) in [5.41, 5.74) is 5.92. The van der Waals surface area contributed by atoms with Gasteiger partial charge in [0.1, 0.15) is 13.1 Å². The summed E-state index contributed by atoms with van der Waals surface area (Å²) in [7, 11) is 0. The van der Waals surface area contributed by atoms with E-state index in [2.05, 4.69) is 55.6 Å². The van der Waals surface area contributed by atoms with Crippen molar-refractivity contribution in [1.82, 2.24) is 5.43 Å². The maximum atomic E-state index is 12.0. The topological polar surface area (TPSA) is 55.1 Å². The van der Waals surface area contributed by atoms with E-state index in [4.69, 9.17) is 4.74 Å². The molecule has 0 bridgehead atoms. The highest BCUT2D eigenvalue weighted by Gasteiger charge is 2.17. The summed E-state index contributed by atoms with van der Waals surface area (Å²) < 4.78 is 5.29. The highest BCUT2D eigenvalue weighted by Crippen LogP contribution is 2.22. The summed E-state index contributed by atoms with van der Waals surface area (Å²) in [6.07, 6.45) is 0. The third-order valence-corrected chi connectivity index (χ3v) is 4.13. The van der Waals surface area contributed by atoms with Gasteiger partial charge in [-0.3, -0.25) is 4.79 Å². The number of carbonyl (C=O) groups is 1. The zero-order valence-corrected chi connectivity index (χ0v) is 14.6. The first-order chi connectivity index (χ1) is 10.9. The first-order valence-corrected chi connectivity index (χ1v) is 8.21. The third-order valence-electron chi connectivity index (χ3n) is 4.13. The molecule has 5 nitrogen and oxygen atoms in total. The van der Waals surface area contributed by atoms with Crippen molar-refractivity contribution in [2.24, 2.45) is 5.10 Å². The Morgan fingerprint density at radius 1 is 1.22 bits per heavy atom. The van der Waals surface area contributed by atoms with Crippen LogP contribution in [0.15, 0.2) is 29.4 Å². The fourth-order valence-corrected chi connectivity index (χ4v) is 2.53. The van der Waals surface area contributed by atoms with Gasteiger partial charge in [0.2, 0.25) is 0 Å². The molecule has 2 rings (SSSR count). The average molecular weight is 318 g/mol. The number of quaternary nitrogens is 1. The van der Waals surface area contributed by atoms with E-state index < -0.39 is 0 Å². The van der Waals surface area contributed by atoms with Crippen molar-refractivity contribution in [2.45, 2.75) is 33.1 Å². The average Bonchev–Trinajstić information content (AvgIpc) is 2.53. The molecular formula is C18H28N3O2+. The third kappa shape index (κ3) is 5.44. The van der Waals surface area contributed by atoms with E-state index in [9.17, 15) is 4.79 Å². The van der Waals surface area contributed by atoms with Crippen molar-refractivity contribution < 1.29 is 14.4 Å². The molecule has 0 aromatic heterocycles. The number of nitrogens with one attached hydrogen (secondary N) is 2. The van der Waals surface area contributed by atoms with Crippen LogP contribution >= 0.6 is 0 Å². The molecule has 0 atom stereocenters. The van der Waals surface area contributed by atoms with E-state index in [0.29, 0.717) is 6.54 Å². The van der Waals surface area contributed by atoms with Crippen molar-refractivity contribution in [3.05, 3.63) is 35.4 Å². The predicted molar refractivity (Wildman–Crippen MR) is 91.9 cm³/mol. The van der Waals surface area contributed by atoms with Gasteiger partial charge in [-0.1, -0.05) is 45.0 Å². The molecule has 1 amide bonds. The second kappa shape index (κ2) is 7.70. The molecule has 1 saturated heterocycles. The van der Waals surface area contributed by atoms with Crippen molar-refractivity contribution in [3.63, 3.8) is 0 Å². The van der Waals surface area contributed by atoms with Gasteiger partial charge in [0.05, 0.1) is 18.9 Å². The Hall–Kier alpha value is -1.72. The summed E-state index contributed by atoms with van der Waals surface area (Å²) in [5.74, 6) is -0.0486. The number of hydrogen-bond acceptors (Lipinski definition) is 3. The van der Waals surface area contributed by atoms with Gasteiger partial charge >= 0.3 is 0 Å². The normalized spacial score (nSPS) is 17.1. The molecule has 126 valence electrons. The van der Waals surface area contributed by atoms with Crippen LogP contribution in [0.5, 0.6) is 0 Å². The number of amides is 1. The molecule has 2 N–H and O–H groups in total. The van der Waals surface area contributed by atoms with E-state index in [-0.39, 0.29) is 11.3 Å². The molecule has 1 fully saturated rings. The van der Waals surface area contributed by atoms with Crippen LogP contribution in [0.3, 0.4) is 0 Å². The lowest BCUT2D eigenvalue weighted by molar-refractivity contribution is -0.900. The van der Waals surface area contributed by atoms with Crippen LogP contribution in [0.4, 0.5) is 0 Å². The van der Waals surface area contributed by atoms with Gasteiger partial charge in [-0.2, -0.15) is 5.10 Å². The van der Waals surface area contributed by atoms with E-state index in [1.807, 2.05) is 6.92 Å². The Labute approximate surface area is 138 Å². The number of carbonyl (C=O) groups excluding carboxylic acids is 1. The Kier molecular flexibility index (Phi) is 5.91. The lowest BCUT2D eigenvalue weighted by Crippen LogP contribution is -3.15. The molecule has 0 unspecified atom stereocenters. The van der Waals surface area contributed by atoms with E-state index in [1.165, 1.54) is 10.5 Å². The second-order valence-electron chi connectivity index (χ2n) is 7.10. The molecule has 1 aromatic carbocycles. The molecule has 0 spiro atoms. The SMILES string of the molecule is C/C(=N/NC(=O)C[NH+]1CCOCC1)c1ccc(C(C)(C)C)cc1. The molecule has 1 aliphatic heterocycles. The maximum Gasteiger partial charge on any atom is 0.295 e. The van der Waals surface area contributed by atoms with Gasteiger partial charge in [-0.25, -0.2) is 5.43 Å². The lowest BCUT2D eigenvalue weighted by atomic mass is 9.86. The highest BCUT2D eigenvalue weighted by molar-refractivity contribution is 5.99. The first kappa shape index (κ1) is 17.6. The number of hydrazone groups is 1. The molecular weight excluding hydrogens is 290 g/mol. The Bertz CT molecular complexity index is 553. The Morgan fingerprint density at radius 2 is 1.83 bits per heavy atom. The lowest BCUT2D eigenvalue weighted by Gasteiger charge is -2.22. The fraction of sp³-hybridized carbons (Fsp3) is 0.556. The standard InChI is InChI=1S/C18H27N3O2/c1-14(15-5-7-16(8-6-15)18(2,3)4)19-20-17(22)13-21-9-11-23-12-10-21/h5-8H,9-13H2,1-4H3,(H,20,22)/p+1/b19-14-. The van der Waals surface area contributed by atoms with Crippen molar-refractivity contribution in [3.8, 4) is 0 Å². The summed E-state index contributed by atoms with van der Waals surface area (Å²) in [5, 5.41) is 4.22. The molecule has 0 radical (unpaired) electrons. The molecule has 1 aromatic rings. The van der Waals surface area contributed by atoms with Crippen LogP contribution in [0, 0.1) is 0 Å². The van der Waals surface area contributed by atoms with Gasteiger partial charge in [0.15, 0.2) is 6.54 Å². The Morgan fingerprint density at radius 3 is 2.39 bits per heavy atom. The number of nitrogens with zero attached hydrogens (tertiary/aromatic N) is 1. The van der Waals surface area contributed by atoms with Crippen molar-refractivity contribution >= 4 is 11.6 Å². The van der Waals surface area contributed by atoms with Crippen LogP contribution < -0.4 is 10.3 Å². The largest absolute Gasteiger partial charge is 0.370 e. The molecule has 23 heavy (non-hydrogen) atoms. The fourth-order valence-electron chi connectivity index (χ4n) is 2.53. The molecule has 5 heteroatoms. The zero-order valence-electron chi connectivity index (χ0n) is 14.6. The monoisotopic (exact) mass is 318 g/mol.